The summed E-state index contributed by atoms with van der Waals surface area (Å²) in [6, 6.07) is 9.42. The van der Waals surface area contributed by atoms with E-state index in [-0.39, 0.29) is 17.6 Å². The molecule has 7 nitrogen and oxygen atoms in total. The second kappa shape index (κ2) is 11.7. The highest BCUT2D eigenvalue weighted by molar-refractivity contribution is 7.99. The van der Waals surface area contributed by atoms with Crippen molar-refractivity contribution in [3.63, 3.8) is 0 Å². The lowest BCUT2D eigenvalue weighted by Gasteiger charge is -2.24. The molecular weight excluding hydrogens is 434 g/mol. The van der Waals surface area contributed by atoms with Gasteiger partial charge in [0.15, 0.2) is 5.16 Å². The Morgan fingerprint density at radius 1 is 1.30 bits per heavy atom. The Kier molecular flexibility index (Phi) is 8.77. The SMILES string of the molecule is CCc1nc(SCC(=O)N2CCC[C@H]2C(=O)NC/C(=C\C=C/N)c2ccccc2)n(C)c1C. The van der Waals surface area contributed by atoms with Crippen LogP contribution in [0, 0.1) is 6.92 Å². The molecule has 8 heteroatoms. The number of carbonyl (C=O) groups excluding carboxylic acids is 2. The zero-order chi connectivity index (χ0) is 23.8. The van der Waals surface area contributed by atoms with Gasteiger partial charge in [0, 0.05) is 25.8 Å². The van der Waals surface area contributed by atoms with E-state index in [9.17, 15) is 9.59 Å². The number of thioether (sulfide) groups is 1. The van der Waals surface area contributed by atoms with E-state index in [1.54, 1.807) is 11.0 Å². The monoisotopic (exact) mass is 467 g/mol. The number of aryl methyl sites for hydroxylation is 1. The summed E-state index contributed by atoms with van der Waals surface area (Å²) in [5.74, 6) is 0.125. The highest BCUT2D eigenvalue weighted by atomic mass is 32.2. The van der Waals surface area contributed by atoms with E-state index in [2.05, 4.69) is 17.2 Å². The van der Waals surface area contributed by atoms with Crippen molar-refractivity contribution in [3.8, 4) is 0 Å². The lowest BCUT2D eigenvalue weighted by molar-refractivity contribution is -0.136. The number of nitrogens with two attached hydrogens (primary N) is 1. The minimum atomic E-state index is -0.436. The fraction of sp³-hybridized carbons (Fsp3) is 0.400. The van der Waals surface area contributed by atoms with Gasteiger partial charge in [0.1, 0.15) is 6.04 Å². The van der Waals surface area contributed by atoms with Gasteiger partial charge in [0.25, 0.3) is 0 Å². The standard InChI is InChI=1S/C25H33N5O2S/c1-4-21-18(2)29(3)25(28-21)33-17-23(31)30-15-9-13-22(30)24(32)27-16-20(12-8-14-26)19-10-6-5-7-11-19/h5-8,10-12,14,22H,4,9,13,15-17,26H2,1-3H3,(H,27,32)/b14-8-,20-12+/t22-/m0/s1. The molecule has 2 aromatic rings. The number of amides is 2. The van der Waals surface area contributed by atoms with Crippen LogP contribution < -0.4 is 11.1 Å². The third-order valence-corrected chi connectivity index (χ3v) is 6.99. The lowest BCUT2D eigenvalue weighted by atomic mass is 10.1. The van der Waals surface area contributed by atoms with E-state index < -0.39 is 6.04 Å². The van der Waals surface area contributed by atoms with Crippen molar-refractivity contribution in [2.45, 2.75) is 44.3 Å². The maximum atomic E-state index is 13.0. The maximum absolute atomic E-state index is 13.0. The molecule has 0 bridgehead atoms. The normalized spacial score (nSPS) is 16.5. The van der Waals surface area contributed by atoms with Gasteiger partial charge in [-0.2, -0.15) is 0 Å². The molecular formula is C25H33N5O2S. The number of nitrogens with zero attached hydrogens (tertiary/aromatic N) is 3. The molecule has 2 amide bonds. The van der Waals surface area contributed by atoms with Crippen LogP contribution in [-0.2, 0) is 23.1 Å². The number of hydrogen-bond acceptors (Lipinski definition) is 5. The fourth-order valence-corrected chi connectivity index (χ4v) is 4.92. The number of hydrogen-bond donors (Lipinski definition) is 2. The van der Waals surface area contributed by atoms with Crippen molar-refractivity contribution in [3.05, 3.63) is 65.6 Å². The predicted octanol–water partition coefficient (Wildman–Crippen LogP) is 3.05. The van der Waals surface area contributed by atoms with Crippen LogP contribution in [0.3, 0.4) is 0 Å². The summed E-state index contributed by atoms with van der Waals surface area (Å²) in [7, 11) is 1.97. The predicted molar refractivity (Wildman–Crippen MR) is 134 cm³/mol. The minimum absolute atomic E-state index is 0.0266. The van der Waals surface area contributed by atoms with Crippen LogP contribution in [-0.4, -0.2) is 51.1 Å². The molecule has 1 fully saturated rings. The van der Waals surface area contributed by atoms with E-state index in [4.69, 9.17) is 5.73 Å². The molecule has 3 rings (SSSR count). The second-order valence-electron chi connectivity index (χ2n) is 8.03. The van der Waals surface area contributed by atoms with Crippen LogP contribution in [0.1, 0.15) is 36.7 Å². The van der Waals surface area contributed by atoms with Crippen LogP contribution in [0.4, 0.5) is 0 Å². The molecule has 1 saturated heterocycles. The summed E-state index contributed by atoms with van der Waals surface area (Å²) in [4.78, 5) is 32.3. The molecule has 0 radical (unpaired) electrons. The number of imidazole rings is 1. The molecule has 3 N–H and O–H groups in total. The fourth-order valence-electron chi connectivity index (χ4n) is 4.00. The van der Waals surface area contributed by atoms with Crippen LogP contribution in [0.25, 0.3) is 5.57 Å². The van der Waals surface area contributed by atoms with E-state index in [0.717, 1.165) is 40.5 Å². The third-order valence-electron chi connectivity index (χ3n) is 5.98. The molecule has 1 aliphatic heterocycles. The van der Waals surface area contributed by atoms with Crippen LogP contribution in [0.5, 0.6) is 0 Å². The molecule has 0 aliphatic carbocycles. The van der Waals surface area contributed by atoms with Gasteiger partial charge in [0.05, 0.1) is 11.4 Å². The van der Waals surface area contributed by atoms with Crippen molar-refractivity contribution < 1.29 is 9.59 Å². The first-order valence-corrected chi connectivity index (χ1v) is 12.3. The maximum Gasteiger partial charge on any atom is 0.243 e. The van der Waals surface area contributed by atoms with Crippen molar-refractivity contribution in [2.75, 3.05) is 18.8 Å². The first kappa shape index (κ1) is 24.6. The van der Waals surface area contributed by atoms with Gasteiger partial charge in [0.2, 0.25) is 11.8 Å². The summed E-state index contributed by atoms with van der Waals surface area (Å²) in [5.41, 5.74) is 9.64. The van der Waals surface area contributed by atoms with Crippen molar-refractivity contribution in [1.82, 2.24) is 19.8 Å². The van der Waals surface area contributed by atoms with Gasteiger partial charge < -0.3 is 20.5 Å². The lowest BCUT2D eigenvalue weighted by Crippen LogP contribution is -2.46. The molecule has 2 heterocycles. The molecule has 0 saturated carbocycles. The van der Waals surface area contributed by atoms with Crippen molar-refractivity contribution in [2.24, 2.45) is 12.8 Å². The van der Waals surface area contributed by atoms with Gasteiger partial charge >= 0.3 is 0 Å². The summed E-state index contributed by atoms with van der Waals surface area (Å²) in [6.07, 6.45) is 7.48. The van der Waals surface area contributed by atoms with Crippen LogP contribution in [0.2, 0.25) is 0 Å². The highest BCUT2D eigenvalue weighted by Crippen LogP contribution is 2.24. The first-order chi connectivity index (χ1) is 16.0. The van der Waals surface area contributed by atoms with Crippen molar-refractivity contribution >= 4 is 29.1 Å². The smallest absolute Gasteiger partial charge is 0.243 e. The summed E-state index contributed by atoms with van der Waals surface area (Å²) < 4.78 is 2.03. The molecule has 176 valence electrons. The minimum Gasteiger partial charge on any atom is -0.405 e. The Balaban J connectivity index is 1.60. The van der Waals surface area contributed by atoms with Gasteiger partial charge in [-0.1, -0.05) is 55.1 Å². The van der Waals surface area contributed by atoms with Crippen LogP contribution >= 0.6 is 11.8 Å². The summed E-state index contributed by atoms with van der Waals surface area (Å²) in [6.45, 7) is 5.09. The molecule has 1 aromatic carbocycles. The topological polar surface area (TPSA) is 93.2 Å². The van der Waals surface area contributed by atoms with E-state index in [1.165, 1.54) is 18.0 Å². The first-order valence-electron chi connectivity index (χ1n) is 11.3. The molecule has 0 spiro atoms. The number of benzene rings is 1. The zero-order valence-corrected chi connectivity index (χ0v) is 20.4. The number of likely N-dealkylation sites (tertiary alicyclic amines) is 1. The Morgan fingerprint density at radius 3 is 2.73 bits per heavy atom. The average molecular weight is 468 g/mol. The van der Waals surface area contributed by atoms with Gasteiger partial charge in [-0.15, -0.1) is 0 Å². The molecule has 1 atom stereocenters. The van der Waals surface area contributed by atoms with Gasteiger partial charge in [-0.25, -0.2) is 4.98 Å². The number of allylic oxidation sites excluding steroid dienone is 2. The summed E-state index contributed by atoms with van der Waals surface area (Å²) in [5, 5.41) is 3.86. The second-order valence-corrected chi connectivity index (χ2v) is 8.98. The summed E-state index contributed by atoms with van der Waals surface area (Å²) >= 11 is 1.43. The van der Waals surface area contributed by atoms with E-state index in [0.29, 0.717) is 19.5 Å². The van der Waals surface area contributed by atoms with E-state index in [1.807, 2.05) is 54.9 Å². The molecule has 1 aromatic heterocycles. The molecule has 1 aliphatic rings. The highest BCUT2D eigenvalue weighted by Gasteiger charge is 2.34. The van der Waals surface area contributed by atoms with E-state index >= 15 is 0 Å². The number of nitrogens with one attached hydrogen (secondary N) is 1. The van der Waals surface area contributed by atoms with Crippen LogP contribution in [0.15, 0.2) is 53.8 Å². The Morgan fingerprint density at radius 2 is 2.06 bits per heavy atom. The molecule has 33 heavy (non-hydrogen) atoms. The molecule has 0 unspecified atom stereocenters. The quantitative estimate of drug-likeness (QED) is 0.437. The largest absolute Gasteiger partial charge is 0.405 e. The third kappa shape index (κ3) is 6.07. The van der Waals surface area contributed by atoms with Crippen molar-refractivity contribution in [1.29, 1.82) is 0 Å². The number of carbonyl (C=O) groups is 2. The number of aromatic nitrogens is 2. The van der Waals surface area contributed by atoms with Gasteiger partial charge in [-0.3, -0.25) is 9.59 Å². The zero-order valence-electron chi connectivity index (χ0n) is 19.6. The Labute approximate surface area is 200 Å². The Bertz CT molecular complexity index is 1030. The Hall–Kier alpha value is -3.00. The average Bonchev–Trinajstić information content (AvgIpc) is 3.43. The van der Waals surface area contributed by atoms with Gasteiger partial charge in [-0.05, 0) is 49.6 Å². The number of rotatable bonds is 9.